The van der Waals surface area contributed by atoms with E-state index < -0.39 is 0 Å². The zero-order valence-electron chi connectivity index (χ0n) is 10.3. The molecule has 0 saturated heterocycles. The molecule has 7 nitrogen and oxygen atoms in total. The van der Waals surface area contributed by atoms with Gasteiger partial charge in [0, 0.05) is 18.4 Å². The lowest BCUT2D eigenvalue weighted by molar-refractivity contribution is 0.0536. The highest BCUT2D eigenvalue weighted by Gasteiger charge is 2.45. The highest BCUT2D eigenvalue weighted by atomic mass is 16.3. The number of fused-ring (bicyclic) bond motifs is 1. The van der Waals surface area contributed by atoms with Crippen LogP contribution in [-0.4, -0.2) is 42.9 Å². The van der Waals surface area contributed by atoms with Crippen molar-refractivity contribution >= 4 is 17.0 Å². The Morgan fingerprint density at radius 1 is 1.26 bits per heavy atom. The molecule has 0 amide bonds. The van der Waals surface area contributed by atoms with Crippen LogP contribution in [0.15, 0.2) is 24.8 Å². The quantitative estimate of drug-likeness (QED) is 0.656. The average Bonchev–Trinajstić information content (AvgIpc) is 2.81. The van der Waals surface area contributed by atoms with Crippen LogP contribution in [0.1, 0.15) is 6.04 Å². The Morgan fingerprint density at radius 2 is 2.05 bits per heavy atom. The van der Waals surface area contributed by atoms with Gasteiger partial charge in [0.25, 0.3) is 0 Å². The van der Waals surface area contributed by atoms with Crippen LogP contribution >= 0.6 is 0 Å². The molecule has 3 rings (SSSR count). The first-order valence-electron chi connectivity index (χ1n) is 6.02. The normalized spacial score (nSPS) is 26.6. The SMILES string of the molecule is C=C1[C@@H](CO)[C@H](CO)[C@H]1n1cnc2c(N)ncnc21. The maximum absolute atomic E-state index is 9.46. The van der Waals surface area contributed by atoms with Gasteiger partial charge >= 0.3 is 0 Å². The van der Waals surface area contributed by atoms with E-state index in [0.717, 1.165) is 5.57 Å². The third kappa shape index (κ3) is 1.55. The molecule has 1 saturated carbocycles. The van der Waals surface area contributed by atoms with E-state index in [9.17, 15) is 10.2 Å². The molecule has 1 aliphatic rings. The zero-order valence-corrected chi connectivity index (χ0v) is 10.3. The minimum Gasteiger partial charge on any atom is -0.396 e. The topological polar surface area (TPSA) is 110 Å². The van der Waals surface area contributed by atoms with Crippen LogP contribution in [0.25, 0.3) is 11.2 Å². The van der Waals surface area contributed by atoms with Gasteiger partial charge in [0.05, 0.1) is 19.0 Å². The second-order valence-electron chi connectivity index (χ2n) is 4.74. The second-order valence-corrected chi connectivity index (χ2v) is 4.74. The fraction of sp³-hybridized carbons (Fsp3) is 0.417. The van der Waals surface area contributed by atoms with Crippen molar-refractivity contribution in [3.63, 3.8) is 0 Å². The van der Waals surface area contributed by atoms with Gasteiger partial charge in [-0.1, -0.05) is 6.58 Å². The maximum Gasteiger partial charge on any atom is 0.165 e. The Hall–Kier alpha value is -1.99. The summed E-state index contributed by atoms with van der Waals surface area (Å²) in [5.74, 6) is 0.172. The number of nitrogen functional groups attached to an aromatic ring is 1. The summed E-state index contributed by atoms with van der Waals surface area (Å²) in [7, 11) is 0. The molecular weight excluding hydrogens is 246 g/mol. The first-order valence-corrected chi connectivity index (χ1v) is 6.02. The van der Waals surface area contributed by atoms with E-state index in [1.807, 2.05) is 4.57 Å². The molecule has 2 aromatic rings. The summed E-state index contributed by atoms with van der Waals surface area (Å²) in [5, 5.41) is 18.7. The summed E-state index contributed by atoms with van der Waals surface area (Å²) >= 11 is 0. The van der Waals surface area contributed by atoms with Crippen LogP contribution in [-0.2, 0) is 0 Å². The van der Waals surface area contributed by atoms with Crippen molar-refractivity contribution in [3.8, 4) is 0 Å². The number of nitrogens with two attached hydrogens (primary N) is 1. The molecule has 7 heteroatoms. The molecule has 4 N–H and O–H groups in total. The van der Waals surface area contributed by atoms with Crippen molar-refractivity contribution in [2.75, 3.05) is 18.9 Å². The molecule has 1 aliphatic carbocycles. The van der Waals surface area contributed by atoms with Crippen LogP contribution in [0.2, 0.25) is 0 Å². The molecule has 0 radical (unpaired) electrons. The monoisotopic (exact) mass is 261 g/mol. The van der Waals surface area contributed by atoms with E-state index in [2.05, 4.69) is 21.5 Å². The lowest BCUT2D eigenvalue weighted by Gasteiger charge is -2.46. The molecule has 100 valence electrons. The number of nitrogens with zero attached hydrogens (tertiary/aromatic N) is 4. The van der Waals surface area contributed by atoms with Crippen molar-refractivity contribution in [2.45, 2.75) is 6.04 Å². The van der Waals surface area contributed by atoms with Crippen molar-refractivity contribution < 1.29 is 10.2 Å². The van der Waals surface area contributed by atoms with Gasteiger partial charge in [-0.15, -0.1) is 0 Å². The smallest absolute Gasteiger partial charge is 0.165 e. The molecule has 3 atom stereocenters. The van der Waals surface area contributed by atoms with Gasteiger partial charge in [-0.2, -0.15) is 0 Å². The standard InChI is InChI=1S/C12H15N5O2/c1-6-7(2-18)8(3-19)10(6)17-5-16-9-11(13)14-4-15-12(9)17/h4-5,7-8,10,18-19H,1-3H2,(H2,13,14,15)/t7-,8+,10+/m1/s1. The maximum atomic E-state index is 9.46. The van der Waals surface area contributed by atoms with E-state index in [0.29, 0.717) is 17.0 Å². The van der Waals surface area contributed by atoms with Crippen molar-refractivity contribution in [1.82, 2.24) is 19.5 Å². The highest BCUT2D eigenvalue weighted by Crippen LogP contribution is 2.48. The summed E-state index contributed by atoms with van der Waals surface area (Å²) in [6.45, 7) is 3.95. The van der Waals surface area contributed by atoms with Crippen molar-refractivity contribution in [2.24, 2.45) is 11.8 Å². The van der Waals surface area contributed by atoms with Gasteiger partial charge in [0.15, 0.2) is 11.5 Å². The highest BCUT2D eigenvalue weighted by molar-refractivity contribution is 5.81. The molecule has 2 heterocycles. The number of imidazole rings is 1. The van der Waals surface area contributed by atoms with Gasteiger partial charge < -0.3 is 20.5 Å². The van der Waals surface area contributed by atoms with Gasteiger partial charge in [-0.3, -0.25) is 0 Å². The average molecular weight is 261 g/mol. The van der Waals surface area contributed by atoms with E-state index in [1.165, 1.54) is 6.33 Å². The Labute approximate surface area is 109 Å². The van der Waals surface area contributed by atoms with Gasteiger partial charge in [0.1, 0.15) is 11.8 Å². The number of aromatic nitrogens is 4. The Bertz CT molecular complexity index is 638. The number of hydrogen-bond acceptors (Lipinski definition) is 6. The van der Waals surface area contributed by atoms with Gasteiger partial charge in [-0.25, -0.2) is 15.0 Å². The van der Waals surface area contributed by atoms with E-state index in [4.69, 9.17) is 5.73 Å². The number of anilines is 1. The van der Waals surface area contributed by atoms with Crippen LogP contribution in [0.3, 0.4) is 0 Å². The first kappa shape index (κ1) is 12.1. The lowest BCUT2D eigenvalue weighted by atomic mass is 9.66. The molecule has 0 bridgehead atoms. The number of aliphatic hydroxyl groups is 2. The molecule has 0 unspecified atom stereocenters. The van der Waals surface area contributed by atoms with Crippen molar-refractivity contribution in [1.29, 1.82) is 0 Å². The number of hydrogen-bond donors (Lipinski definition) is 3. The van der Waals surface area contributed by atoms with E-state index >= 15 is 0 Å². The third-order valence-electron chi connectivity index (χ3n) is 3.87. The molecule has 0 aliphatic heterocycles. The molecule has 2 aromatic heterocycles. The lowest BCUT2D eigenvalue weighted by Crippen LogP contribution is -2.44. The molecule has 19 heavy (non-hydrogen) atoms. The van der Waals surface area contributed by atoms with Crippen molar-refractivity contribution in [3.05, 3.63) is 24.8 Å². The summed E-state index contributed by atoms with van der Waals surface area (Å²) in [6, 6.07) is -0.110. The molecule has 0 spiro atoms. The minimum absolute atomic E-state index is 0.00961. The summed E-state index contributed by atoms with van der Waals surface area (Å²) < 4.78 is 1.84. The Morgan fingerprint density at radius 3 is 2.74 bits per heavy atom. The fourth-order valence-corrected chi connectivity index (χ4v) is 2.81. The van der Waals surface area contributed by atoms with E-state index in [-0.39, 0.29) is 31.1 Å². The number of rotatable bonds is 3. The van der Waals surface area contributed by atoms with Crippen LogP contribution in [0.4, 0.5) is 5.82 Å². The van der Waals surface area contributed by atoms with E-state index in [1.54, 1.807) is 6.33 Å². The summed E-state index contributed by atoms with van der Waals surface area (Å²) in [4.78, 5) is 12.3. The minimum atomic E-state index is -0.110. The van der Waals surface area contributed by atoms with Crippen LogP contribution < -0.4 is 5.73 Å². The molecule has 1 fully saturated rings. The van der Waals surface area contributed by atoms with Gasteiger partial charge in [0.2, 0.25) is 0 Å². The van der Waals surface area contributed by atoms with Crippen LogP contribution in [0.5, 0.6) is 0 Å². The predicted octanol–water partition coefficient (Wildman–Crippen LogP) is -0.264. The first-order chi connectivity index (χ1) is 9.19. The summed E-state index contributed by atoms with van der Waals surface area (Å²) in [5.41, 5.74) is 7.78. The molecular formula is C12H15N5O2. The molecule has 0 aromatic carbocycles. The fourth-order valence-electron chi connectivity index (χ4n) is 2.81. The Kier molecular flexibility index (Phi) is 2.72. The van der Waals surface area contributed by atoms with Gasteiger partial charge in [-0.05, 0) is 5.57 Å². The predicted molar refractivity (Wildman–Crippen MR) is 69.1 cm³/mol. The van der Waals surface area contributed by atoms with Crippen LogP contribution in [0, 0.1) is 11.8 Å². The number of aliphatic hydroxyl groups excluding tert-OH is 2. The third-order valence-corrected chi connectivity index (χ3v) is 3.87. The largest absolute Gasteiger partial charge is 0.396 e. The zero-order chi connectivity index (χ0) is 13.6. The Balaban J connectivity index is 2.06. The second kappa shape index (κ2) is 4.29. The summed E-state index contributed by atoms with van der Waals surface area (Å²) in [6.07, 6.45) is 3.01.